The number of benzene rings is 4. The summed E-state index contributed by atoms with van der Waals surface area (Å²) in [5, 5.41) is 27.4. The van der Waals surface area contributed by atoms with E-state index in [0.717, 1.165) is 47.5 Å². The lowest BCUT2D eigenvalue weighted by Crippen LogP contribution is -2.42. The lowest BCUT2D eigenvalue weighted by Gasteiger charge is -2.17. The van der Waals surface area contributed by atoms with Gasteiger partial charge in [-0.2, -0.15) is 28.1 Å². The minimum atomic E-state index is -4.56. The molecule has 0 aliphatic rings. The van der Waals surface area contributed by atoms with E-state index in [2.05, 4.69) is 19.9 Å². The van der Waals surface area contributed by atoms with Crippen molar-refractivity contribution in [3.8, 4) is 23.3 Å². The van der Waals surface area contributed by atoms with Crippen molar-refractivity contribution in [2.75, 3.05) is 25.7 Å². The summed E-state index contributed by atoms with van der Waals surface area (Å²) in [5.74, 6) is -4.33. The van der Waals surface area contributed by atoms with E-state index in [-0.39, 0.29) is 44.9 Å². The zero-order valence-electron chi connectivity index (χ0n) is 35.7. The maximum absolute atomic E-state index is 12.7. The average Bonchev–Trinajstić information content (AvgIpc) is 3.29. The number of hydrogen-bond donors (Lipinski definition) is 4. The van der Waals surface area contributed by atoms with Gasteiger partial charge in [0, 0.05) is 18.6 Å². The van der Waals surface area contributed by atoms with Crippen LogP contribution in [0.2, 0.25) is 15.1 Å². The first-order valence-corrected chi connectivity index (χ1v) is 21.5. The van der Waals surface area contributed by atoms with Crippen molar-refractivity contribution in [3.63, 3.8) is 0 Å². The first kappa shape index (κ1) is 54.1. The number of methoxy groups -OCH3 is 1. The Morgan fingerprint density at radius 2 is 1.49 bits per heavy atom. The summed E-state index contributed by atoms with van der Waals surface area (Å²) in [7, 11) is -1.87. The number of carbonyl (C=O) groups excluding carboxylic acids is 2. The lowest BCUT2D eigenvalue weighted by atomic mass is 10.2. The number of pyridine rings is 1. The Kier molecular flexibility index (Phi) is 18.4. The quantitative estimate of drug-likeness (QED) is 0.0793. The van der Waals surface area contributed by atoms with Crippen molar-refractivity contribution in [1.82, 2.24) is 24.7 Å². The van der Waals surface area contributed by atoms with Crippen LogP contribution in [0.1, 0.15) is 39.0 Å². The van der Waals surface area contributed by atoms with Crippen molar-refractivity contribution in [3.05, 3.63) is 129 Å². The second kappa shape index (κ2) is 23.5. The number of nitrogens with one attached hydrogen (secondary N) is 1. The molecule has 69 heavy (non-hydrogen) atoms. The molecule has 0 radical (unpaired) electrons. The second-order valence-corrected chi connectivity index (χ2v) is 16.2. The maximum atomic E-state index is 12.7. The fraction of sp³-hybridized carbons (Fsp3) is 0.167. The van der Waals surface area contributed by atoms with E-state index in [9.17, 15) is 45.6 Å². The minimum Gasteiger partial charge on any atom is -0.480 e. The number of aromatic carboxylic acids is 1. The fourth-order valence-electron chi connectivity index (χ4n) is 5.15. The summed E-state index contributed by atoms with van der Waals surface area (Å²) in [4.78, 5) is 72.7. The molecule has 0 spiro atoms. The first-order chi connectivity index (χ1) is 32.3. The molecule has 27 heteroatoms. The van der Waals surface area contributed by atoms with Gasteiger partial charge in [0.25, 0.3) is 10.0 Å². The number of alkyl halides is 3. The van der Waals surface area contributed by atoms with Crippen LogP contribution in [0, 0.1) is 6.92 Å². The Balaban J connectivity index is 0.000000233. The van der Waals surface area contributed by atoms with E-state index in [1.807, 2.05) is 0 Å². The number of sulfonamides is 1. The van der Waals surface area contributed by atoms with Crippen LogP contribution in [0.4, 0.5) is 23.9 Å². The fourth-order valence-corrected chi connectivity index (χ4v) is 6.95. The number of aromatic nitrogens is 4. The summed E-state index contributed by atoms with van der Waals surface area (Å²) in [6.45, 7) is 2.31. The number of ether oxygens (including phenoxy) is 4. The molecule has 2 amide bonds. The number of nitrogens with zero attached hydrogens (tertiary/aromatic N) is 5. The molecular formula is C42H34Cl3F3N6O14S. The van der Waals surface area contributed by atoms with Gasteiger partial charge in [-0.3, -0.25) is 9.88 Å². The van der Waals surface area contributed by atoms with Crippen LogP contribution in [-0.2, 0) is 30.5 Å². The van der Waals surface area contributed by atoms with Crippen LogP contribution in [0.15, 0.2) is 96.0 Å². The summed E-state index contributed by atoms with van der Waals surface area (Å²) in [6, 6.07) is 16.9. The number of aliphatic carboxylic acids is 2. The third-order valence-corrected chi connectivity index (χ3v) is 10.8. The number of halogens is 6. The Morgan fingerprint density at radius 3 is 2.12 bits per heavy atom. The number of esters is 1. The number of rotatable bonds is 13. The number of hydrogen-bond acceptors (Lipinski definition) is 15. The summed E-state index contributed by atoms with van der Waals surface area (Å²) in [5.41, 5.74) is -1.02. The van der Waals surface area contributed by atoms with Gasteiger partial charge in [0.2, 0.25) is 5.95 Å². The third-order valence-electron chi connectivity index (χ3n) is 8.44. The van der Waals surface area contributed by atoms with Crippen molar-refractivity contribution < 1.29 is 79.8 Å². The molecule has 2 heterocycles. The number of anilines is 1. The number of aryl methyl sites for hydroxylation is 1. The summed E-state index contributed by atoms with van der Waals surface area (Å²) >= 11 is 17.7. The van der Waals surface area contributed by atoms with Gasteiger partial charge in [0.15, 0.2) is 12.7 Å². The van der Waals surface area contributed by atoms with E-state index < -0.39 is 74.8 Å². The first-order valence-electron chi connectivity index (χ1n) is 18.9. The summed E-state index contributed by atoms with van der Waals surface area (Å²) in [6.07, 6.45) is -4.35. The Bertz CT molecular complexity index is 3030. The number of amides is 2. The van der Waals surface area contributed by atoms with Crippen LogP contribution in [0.25, 0.3) is 10.9 Å². The van der Waals surface area contributed by atoms with Crippen molar-refractivity contribution in [2.24, 2.45) is 0 Å². The molecule has 0 saturated carbocycles. The monoisotopic (exact) mass is 1040 g/mol. The zero-order chi connectivity index (χ0) is 51.4. The largest absolute Gasteiger partial charge is 0.480 e. The SMILES string of the molecule is COc1nc(C)nc(N(C)C(=O)NS(=O)(=O)c2ccccc2C(=O)O)n1.C[C@H](OC(=O)c1cc(Oc2ccc(C(F)(F)F)cc2Cl)ccc1Cl)C(=O)O.O=C(O)COc1ccc(Cl)c2cccnc12. The molecule has 0 saturated heterocycles. The predicted molar refractivity (Wildman–Crippen MR) is 239 cm³/mol. The van der Waals surface area contributed by atoms with Crippen LogP contribution in [0.5, 0.6) is 23.3 Å². The molecule has 4 aromatic carbocycles. The Hall–Kier alpha value is -7.54. The number of carboxylic acid groups (broad SMARTS) is 3. The maximum Gasteiger partial charge on any atom is 0.416 e. The second-order valence-electron chi connectivity index (χ2n) is 13.3. The van der Waals surface area contributed by atoms with E-state index in [4.69, 9.17) is 69.1 Å². The number of urea groups is 1. The van der Waals surface area contributed by atoms with E-state index >= 15 is 0 Å². The van der Waals surface area contributed by atoms with Crippen LogP contribution in [-0.4, -0.2) is 100 Å². The minimum absolute atomic E-state index is 0.0246. The summed E-state index contributed by atoms with van der Waals surface area (Å²) < 4.78 is 84.7. The van der Waals surface area contributed by atoms with Crippen LogP contribution >= 0.6 is 34.8 Å². The molecule has 0 fully saturated rings. The Labute approximate surface area is 403 Å². The van der Waals surface area contributed by atoms with Gasteiger partial charge in [-0.05, 0) is 86.6 Å². The van der Waals surface area contributed by atoms with Gasteiger partial charge in [-0.25, -0.2) is 37.1 Å². The van der Waals surface area contributed by atoms with E-state index in [0.29, 0.717) is 22.4 Å². The van der Waals surface area contributed by atoms with Crippen LogP contribution < -0.4 is 23.8 Å². The molecule has 0 unspecified atom stereocenters. The van der Waals surface area contributed by atoms with Gasteiger partial charge in [0.05, 0.1) is 38.9 Å². The molecule has 1 atom stereocenters. The lowest BCUT2D eigenvalue weighted by molar-refractivity contribution is -0.146. The highest BCUT2D eigenvalue weighted by Crippen LogP contribution is 2.37. The highest BCUT2D eigenvalue weighted by molar-refractivity contribution is 7.90. The Morgan fingerprint density at radius 1 is 0.826 bits per heavy atom. The van der Waals surface area contributed by atoms with Crippen molar-refractivity contribution >= 4 is 91.6 Å². The zero-order valence-corrected chi connectivity index (χ0v) is 38.8. The predicted octanol–water partition coefficient (Wildman–Crippen LogP) is 8.21. The molecule has 20 nitrogen and oxygen atoms in total. The molecule has 364 valence electrons. The molecule has 6 rings (SSSR count). The van der Waals surface area contributed by atoms with Crippen molar-refractivity contribution in [1.29, 1.82) is 0 Å². The van der Waals surface area contributed by atoms with Gasteiger partial charge >= 0.3 is 42.1 Å². The number of carboxylic acids is 3. The molecule has 2 aromatic heterocycles. The highest BCUT2D eigenvalue weighted by Gasteiger charge is 2.31. The molecule has 0 bridgehead atoms. The average molecular weight is 1040 g/mol. The normalized spacial score (nSPS) is 11.3. The van der Waals surface area contributed by atoms with Gasteiger partial charge in [-0.1, -0.05) is 46.9 Å². The van der Waals surface area contributed by atoms with Gasteiger partial charge < -0.3 is 34.3 Å². The van der Waals surface area contributed by atoms with Gasteiger partial charge in [0.1, 0.15) is 33.5 Å². The van der Waals surface area contributed by atoms with Crippen LogP contribution in [0.3, 0.4) is 0 Å². The molecule has 4 N–H and O–H groups in total. The standard InChI is InChI=1S/C17H11Cl2F3O5.C14H15N5O6S.C11H8ClNO3/c1-8(15(23)24)26-16(25)11-7-10(3-4-12(11)18)27-14-5-2-9(6-13(14)19)17(20,21)22;1-8-15-12(17-13(16-8)25-3)19(2)14(22)18-26(23,24)10-7-5-4-6-9(10)11(20)21;12-8-3-4-9(16-6-10(14)15)11-7(8)2-1-5-13-11/h2-8H,1H3,(H,23,24);4-7H,1-3H3,(H,18,22)(H,20,21);1-5H,6H2,(H,14,15)/t8-;;/m0../s1. The molecule has 0 aliphatic carbocycles. The number of fused-ring (bicyclic) bond motifs is 1. The van der Waals surface area contributed by atoms with Gasteiger partial charge in [-0.15, -0.1) is 0 Å². The molecule has 0 aliphatic heterocycles. The van der Waals surface area contributed by atoms with E-state index in [1.165, 1.54) is 38.4 Å². The highest BCUT2D eigenvalue weighted by atomic mass is 35.5. The van der Waals surface area contributed by atoms with Crippen molar-refractivity contribution in [2.45, 2.75) is 31.0 Å². The topological polar surface area (TPSA) is 284 Å². The van der Waals surface area contributed by atoms with E-state index in [1.54, 1.807) is 42.1 Å². The number of carbonyl (C=O) groups is 5. The molecule has 6 aromatic rings. The smallest absolute Gasteiger partial charge is 0.416 e. The molecular weight excluding hydrogens is 1010 g/mol. The third kappa shape index (κ3) is 15.0.